The molecular weight excluding hydrogens is 376 g/mol. The van der Waals surface area contributed by atoms with E-state index in [4.69, 9.17) is 16.3 Å². The Labute approximate surface area is 159 Å². The zero-order valence-electron chi connectivity index (χ0n) is 13.8. The summed E-state index contributed by atoms with van der Waals surface area (Å²) in [6.07, 6.45) is 1.95. The second-order valence-electron chi connectivity index (χ2n) is 5.47. The van der Waals surface area contributed by atoms with Gasteiger partial charge in [-0.1, -0.05) is 17.7 Å². The molecule has 3 rings (SSSR count). The van der Waals surface area contributed by atoms with Gasteiger partial charge in [0.15, 0.2) is 0 Å². The SMILES string of the molecule is CSc1cccc(NC(=O)c2ccc(N3C(=O)COCC3=O)cc2Cl)c1. The first-order valence-electron chi connectivity index (χ1n) is 7.68. The topological polar surface area (TPSA) is 75.7 Å². The molecule has 1 saturated heterocycles. The summed E-state index contributed by atoms with van der Waals surface area (Å²) >= 11 is 7.79. The molecule has 2 aromatic carbocycles. The fourth-order valence-corrected chi connectivity index (χ4v) is 3.23. The number of carbonyl (C=O) groups is 3. The van der Waals surface area contributed by atoms with E-state index in [0.29, 0.717) is 11.4 Å². The van der Waals surface area contributed by atoms with E-state index in [2.05, 4.69) is 5.32 Å². The number of benzene rings is 2. The summed E-state index contributed by atoms with van der Waals surface area (Å²) in [5.41, 5.74) is 1.22. The lowest BCUT2D eigenvalue weighted by Crippen LogP contribution is -2.46. The maximum Gasteiger partial charge on any atom is 0.259 e. The van der Waals surface area contributed by atoms with Gasteiger partial charge in [-0.2, -0.15) is 0 Å². The molecule has 2 aromatic rings. The molecule has 1 aliphatic heterocycles. The molecule has 1 N–H and O–H groups in total. The van der Waals surface area contributed by atoms with Crippen LogP contribution in [0.3, 0.4) is 0 Å². The number of amides is 3. The summed E-state index contributed by atoms with van der Waals surface area (Å²) < 4.78 is 4.88. The average Bonchev–Trinajstić information content (AvgIpc) is 2.61. The third kappa shape index (κ3) is 3.90. The minimum atomic E-state index is -0.469. The predicted octanol–water partition coefficient (Wildman–Crippen LogP) is 3.20. The van der Waals surface area contributed by atoms with E-state index in [0.717, 1.165) is 9.80 Å². The van der Waals surface area contributed by atoms with Crippen LogP contribution in [0.15, 0.2) is 47.4 Å². The number of halogens is 1. The van der Waals surface area contributed by atoms with Gasteiger partial charge < -0.3 is 10.1 Å². The maximum atomic E-state index is 12.5. The molecule has 26 heavy (non-hydrogen) atoms. The van der Waals surface area contributed by atoms with E-state index in [1.807, 2.05) is 24.5 Å². The van der Waals surface area contributed by atoms with Crippen molar-refractivity contribution in [3.8, 4) is 0 Å². The van der Waals surface area contributed by atoms with Crippen molar-refractivity contribution >= 4 is 52.5 Å². The quantitative estimate of drug-likeness (QED) is 0.640. The number of hydrogen-bond donors (Lipinski definition) is 1. The molecule has 1 heterocycles. The molecular formula is C18H15ClN2O4S. The van der Waals surface area contributed by atoms with Crippen molar-refractivity contribution in [3.63, 3.8) is 0 Å². The van der Waals surface area contributed by atoms with Gasteiger partial charge in [-0.25, -0.2) is 4.90 Å². The van der Waals surface area contributed by atoms with E-state index in [9.17, 15) is 14.4 Å². The van der Waals surface area contributed by atoms with Gasteiger partial charge in [-0.15, -0.1) is 11.8 Å². The molecule has 6 nitrogen and oxygen atoms in total. The smallest absolute Gasteiger partial charge is 0.259 e. The molecule has 134 valence electrons. The van der Waals surface area contributed by atoms with Crippen LogP contribution in [0.25, 0.3) is 0 Å². The number of nitrogens with zero attached hydrogens (tertiary/aromatic N) is 1. The van der Waals surface area contributed by atoms with Crippen molar-refractivity contribution in [1.29, 1.82) is 0 Å². The summed E-state index contributed by atoms with van der Waals surface area (Å²) in [7, 11) is 0. The van der Waals surface area contributed by atoms with Gasteiger partial charge in [-0.05, 0) is 42.7 Å². The van der Waals surface area contributed by atoms with Crippen LogP contribution in [0.4, 0.5) is 11.4 Å². The summed E-state index contributed by atoms with van der Waals surface area (Å²) in [4.78, 5) is 38.3. The van der Waals surface area contributed by atoms with Crippen LogP contribution < -0.4 is 10.2 Å². The van der Waals surface area contributed by atoms with Crippen LogP contribution >= 0.6 is 23.4 Å². The molecule has 8 heteroatoms. The highest BCUT2D eigenvalue weighted by atomic mass is 35.5. The number of anilines is 2. The number of rotatable bonds is 4. The van der Waals surface area contributed by atoms with Crippen LogP contribution in [-0.4, -0.2) is 37.2 Å². The van der Waals surface area contributed by atoms with Gasteiger partial charge in [0.1, 0.15) is 13.2 Å². The maximum absolute atomic E-state index is 12.5. The van der Waals surface area contributed by atoms with Gasteiger partial charge in [0.05, 0.1) is 16.3 Å². The predicted molar refractivity (Wildman–Crippen MR) is 101 cm³/mol. The number of hydrogen-bond acceptors (Lipinski definition) is 5. The molecule has 0 aliphatic carbocycles. The molecule has 0 bridgehead atoms. The van der Waals surface area contributed by atoms with Gasteiger partial charge in [-0.3, -0.25) is 14.4 Å². The van der Waals surface area contributed by atoms with Crippen molar-refractivity contribution in [1.82, 2.24) is 0 Å². The first kappa shape index (κ1) is 18.4. The number of nitrogens with one attached hydrogen (secondary N) is 1. The highest BCUT2D eigenvalue weighted by Gasteiger charge is 2.28. The fraction of sp³-hybridized carbons (Fsp3) is 0.167. The molecule has 0 radical (unpaired) electrons. The van der Waals surface area contributed by atoms with Crippen LogP contribution in [0.1, 0.15) is 10.4 Å². The molecule has 0 spiro atoms. The number of imide groups is 1. The standard InChI is InChI=1S/C18H15ClN2O4S/c1-26-13-4-2-3-11(7-13)20-18(24)14-6-5-12(8-15(14)19)21-16(22)9-25-10-17(21)23/h2-8H,9-10H2,1H3,(H,20,24). The van der Waals surface area contributed by atoms with E-state index in [1.54, 1.807) is 17.8 Å². The largest absolute Gasteiger partial charge is 0.362 e. The number of thioether (sulfide) groups is 1. The second-order valence-corrected chi connectivity index (χ2v) is 6.75. The Balaban J connectivity index is 1.81. The fourth-order valence-electron chi connectivity index (χ4n) is 2.51. The van der Waals surface area contributed by atoms with E-state index in [-0.39, 0.29) is 29.7 Å². The van der Waals surface area contributed by atoms with Crippen LogP contribution in [0.2, 0.25) is 5.02 Å². The van der Waals surface area contributed by atoms with Crippen LogP contribution in [0, 0.1) is 0 Å². The number of carbonyl (C=O) groups excluding carboxylic acids is 3. The lowest BCUT2D eigenvalue weighted by atomic mass is 10.1. The Hall–Kier alpha value is -2.35. The average molecular weight is 391 g/mol. The third-order valence-corrected chi connectivity index (χ3v) is 4.77. The summed E-state index contributed by atoms with van der Waals surface area (Å²) in [6, 6.07) is 11.9. The number of ether oxygens (including phenoxy) is 1. The Morgan fingerprint density at radius 1 is 1.15 bits per heavy atom. The summed E-state index contributed by atoms with van der Waals surface area (Å²) in [5.74, 6) is -1.31. The zero-order valence-corrected chi connectivity index (χ0v) is 15.4. The van der Waals surface area contributed by atoms with Crippen molar-refractivity contribution in [2.45, 2.75) is 4.90 Å². The van der Waals surface area contributed by atoms with Gasteiger partial charge in [0.2, 0.25) is 0 Å². The Morgan fingerprint density at radius 2 is 1.88 bits per heavy atom. The third-order valence-electron chi connectivity index (χ3n) is 3.73. The summed E-state index contributed by atoms with van der Waals surface area (Å²) in [6.45, 7) is -0.339. The minimum Gasteiger partial charge on any atom is -0.362 e. The first-order chi connectivity index (χ1) is 12.5. The zero-order chi connectivity index (χ0) is 18.7. The van der Waals surface area contributed by atoms with E-state index < -0.39 is 11.8 Å². The summed E-state index contributed by atoms with van der Waals surface area (Å²) in [5, 5.41) is 2.93. The molecule has 0 saturated carbocycles. The monoisotopic (exact) mass is 390 g/mol. The van der Waals surface area contributed by atoms with Gasteiger partial charge in [0, 0.05) is 10.6 Å². The van der Waals surface area contributed by atoms with Crippen LogP contribution in [0.5, 0.6) is 0 Å². The molecule has 1 aliphatic rings. The molecule has 0 aromatic heterocycles. The highest BCUT2D eigenvalue weighted by molar-refractivity contribution is 7.98. The highest BCUT2D eigenvalue weighted by Crippen LogP contribution is 2.26. The first-order valence-corrected chi connectivity index (χ1v) is 9.28. The second kappa shape index (κ2) is 7.90. The molecule has 3 amide bonds. The Morgan fingerprint density at radius 3 is 2.54 bits per heavy atom. The van der Waals surface area contributed by atoms with Crippen LogP contribution in [-0.2, 0) is 14.3 Å². The lowest BCUT2D eigenvalue weighted by molar-refractivity contribution is -0.138. The van der Waals surface area contributed by atoms with Crippen molar-refractivity contribution in [3.05, 3.63) is 53.1 Å². The van der Waals surface area contributed by atoms with E-state index >= 15 is 0 Å². The molecule has 0 atom stereocenters. The van der Waals surface area contributed by atoms with Crippen molar-refractivity contribution in [2.75, 3.05) is 29.7 Å². The normalized spacial score (nSPS) is 14.5. The number of morpholine rings is 1. The molecule has 0 unspecified atom stereocenters. The van der Waals surface area contributed by atoms with Gasteiger partial charge >= 0.3 is 0 Å². The Kier molecular flexibility index (Phi) is 5.61. The van der Waals surface area contributed by atoms with Gasteiger partial charge in [0.25, 0.3) is 17.7 Å². The van der Waals surface area contributed by atoms with Crippen molar-refractivity contribution < 1.29 is 19.1 Å². The van der Waals surface area contributed by atoms with Crippen molar-refractivity contribution in [2.24, 2.45) is 0 Å². The van der Waals surface area contributed by atoms with E-state index in [1.165, 1.54) is 18.2 Å². The molecule has 1 fully saturated rings. The lowest BCUT2D eigenvalue weighted by Gasteiger charge is -2.25. The minimum absolute atomic E-state index is 0.146. The Bertz CT molecular complexity index is 871.